The number of hydrogen-bond acceptors (Lipinski definition) is 7. The maximum atomic E-state index is 13.0. The van der Waals surface area contributed by atoms with Gasteiger partial charge in [0.1, 0.15) is 13.2 Å². The molecule has 3 aromatic carbocycles. The van der Waals surface area contributed by atoms with Crippen molar-refractivity contribution < 1.29 is 33.3 Å². The standard InChI is InChI=1S/C36H47O7Si/c1-23(2)15-26-16-30(37)31(41-20-25-13-11-10-12-14-25)17-27(26)21-42-33-18-28(29(35(4,5)6)19-32(33)39-8)24(3)36(7,22-43-44)34(38)40-9/h10-14,16-19,23-24,37H,15,20-22H2,1-9H3. The quantitative estimate of drug-likeness (QED) is 0.148. The molecule has 1 N–H and O–H groups in total. The molecule has 3 rings (SSSR count). The Balaban J connectivity index is 2.05. The molecule has 0 aromatic heterocycles. The number of phenolic OH excluding ortho intramolecular Hbond substituents is 1. The van der Waals surface area contributed by atoms with E-state index in [9.17, 15) is 9.90 Å². The van der Waals surface area contributed by atoms with E-state index in [0.717, 1.165) is 34.2 Å². The summed E-state index contributed by atoms with van der Waals surface area (Å²) in [6, 6.07) is 17.4. The number of rotatable bonds is 14. The molecule has 7 nitrogen and oxygen atoms in total. The van der Waals surface area contributed by atoms with Crippen LogP contribution in [0.2, 0.25) is 0 Å². The first-order valence-electron chi connectivity index (χ1n) is 15.0. The zero-order chi connectivity index (χ0) is 32.7. The summed E-state index contributed by atoms with van der Waals surface area (Å²) in [4.78, 5) is 13.0. The van der Waals surface area contributed by atoms with Gasteiger partial charge in [0.2, 0.25) is 10.5 Å². The zero-order valence-corrected chi connectivity index (χ0v) is 28.6. The second kappa shape index (κ2) is 15.0. The molecule has 0 spiro atoms. The molecule has 3 aromatic rings. The molecule has 237 valence electrons. The van der Waals surface area contributed by atoms with Crippen molar-refractivity contribution in [3.63, 3.8) is 0 Å². The highest BCUT2D eigenvalue weighted by molar-refractivity contribution is 5.98. The predicted molar refractivity (Wildman–Crippen MR) is 174 cm³/mol. The third-order valence-electron chi connectivity index (χ3n) is 8.12. The molecule has 3 radical (unpaired) electrons. The number of esters is 1. The molecule has 0 aliphatic heterocycles. The van der Waals surface area contributed by atoms with Crippen molar-refractivity contribution in [1.29, 1.82) is 0 Å². The van der Waals surface area contributed by atoms with Gasteiger partial charge in [-0.3, -0.25) is 4.79 Å². The number of benzene rings is 3. The van der Waals surface area contributed by atoms with Crippen molar-refractivity contribution in [2.24, 2.45) is 11.3 Å². The Morgan fingerprint density at radius 2 is 1.52 bits per heavy atom. The molecule has 0 saturated carbocycles. The summed E-state index contributed by atoms with van der Waals surface area (Å²) in [5, 5.41) is 10.8. The molecule has 2 atom stereocenters. The van der Waals surface area contributed by atoms with Crippen molar-refractivity contribution >= 4 is 16.5 Å². The Labute approximate surface area is 266 Å². The van der Waals surface area contributed by atoms with E-state index in [4.69, 9.17) is 23.4 Å². The van der Waals surface area contributed by atoms with Crippen LogP contribution in [0.1, 0.15) is 82.2 Å². The van der Waals surface area contributed by atoms with E-state index in [1.165, 1.54) is 7.11 Å². The third-order valence-corrected chi connectivity index (χ3v) is 8.26. The minimum Gasteiger partial charge on any atom is -0.504 e. The van der Waals surface area contributed by atoms with E-state index in [0.29, 0.717) is 29.8 Å². The molecule has 8 heteroatoms. The third kappa shape index (κ3) is 8.36. The van der Waals surface area contributed by atoms with E-state index in [1.807, 2.05) is 62.4 Å². The number of carbonyl (C=O) groups is 1. The van der Waals surface area contributed by atoms with Gasteiger partial charge in [-0.2, -0.15) is 0 Å². The average Bonchev–Trinajstić information content (AvgIpc) is 2.98. The van der Waals surface area contributed by atoms with Gasteiger partial charge < -0.3 is 28.5 Å². The topological polar surface area (TPSA) is 83.5 Å². The Hall–Kier alpha value is -3.49. The van der Waals surface area contributed by atoms with Crippen molar-refractivity contribution in [2.75, 3.05) is 20.8 Å². The SMILES string of the molecule is COC(=O)C(C)(CO[Si])C(C)c1cc(OCc2cc(OCc3ccccc3)c(O)cc2CC(C)C)c(OC)cc1C(C)(C)C. The lowest BCUT2D eigenvalue weighted by atomic mass is 9.70. The molecule has 0 heterocycles. The first kappa shape index (κ1) is 35.0. The second-order valence-corrected chi connectivity index (χ2v) is 13.3. The summed E-state index contributed by atoms with van der Waals surface area (Å²) in [7, 11) is 6.11. The Morgan fingerprint density at radius 3 is 2.09 bits per heavy atom. The van der Waals surface area contributed by atoms with Crippen LogP contribution in [-0.2, 0) is 39.0 Å². The summed E-state index contributed by atoms with van der Waals surface area (Å²) in [5.74, 6) is 1.33. The lowest BCUT2D eigenvalue weighted by Crippen LogP contribution is -2.39. The highest BCUT2D eigenvalue weighted by atomic mass is 28.2. The number of phenols is 1. The lowest BCUT2D eigenvalue weighted by molar-refractivity contribution is -0.155. The van der Waals surface area contributed by atoms with Gasteiger partial charge in [-0.05, 0) is 82.7 Å². The normalized spacial score (nSPS) is 13.7. The highest BCUT2D eigenvalue weighted by Gasteiger charge is 2.43. The molecule has 0 aliphatic carbocycles. The minimum atomic E-state index is -0.977. The fraction of sp³-hybridized carbons (Fsp3) is 0.472. The second-order valence-electron chi connectivity index (χ2n) is 13.0. The van der Waals surface area contributed by atoms with Crippen LogP contribution in [0.3, 0.4) is 0 Å². The molecule has 0 aliphatic rings. The van der Waals surface area contributed by atoms with Gasteiger partial charge in [-0.25, -0.2) is 0 Å². The van der Waals surface area contributed by atoms with E-state index >= 15 is 0 Å². The lowest BCUT2D eigenvalue weighted by Gasteiger charge is -2.36. The van der Waals surface area contributed by atoms with Crippen LogP contribution >= 0.6 is 0 Å². The maximum Gasteiger partial charge on any atom is 0.314 e. The van der Waals surface area contributed by atoms with Gasteiger partial charge in [0.05, 0.1) is 19.6 Å². The van der Waals surface area contributed by atoms with Crippen molar-refractivity contribution in [3.8, 4) is 23.0 Å². The van der Waals surface area contributed by atoms with Gasteiger partial charge in [0, 0.05) is 6.61 Å². The molecule has 0 amide bonds. The van der Waals surface area contributed by atoms with Crippen LogP contribution in [0.5, 0.6) is 23.0 Å². The predicted octanol–water partition coefficient (Wildman–Crippen LogP) is 7.44. The number of hydrogen-bond donors (Lipinski definition) is 1. The van der Waals surface area contributed by atoms with Gasteiger partial charge in [-0.1, -0.05) is 71.9 Å². The number of carbonyl (C=O) groups excluding carboxylic acids is 1. The van der Waals surface area contributed by atoms with Crippen molar-refractivity contribution in [3.05, 3.63) is 82.4 Å². The zero-order valence-electron chi connectivity index (χ0n) is 27.6. The van der Waals surface area contributed by atoms with Crippen LogP contribution in [0, 0.1) is 11.3 Å². The summed E-state index contributed by atoms with van der Waals surface area (Å²) < 4.78 is 28.8. The number of ether oxygens (including phenoxy) is 4. The minimum absolute atomic E-state index is 0.0968. The van der Waals surface area contributed by atoms with Gasteiger partial charge >= 0.3 is 5.97 Å². The first-order chi connectivity index (χ1) is 20.7. The molecule has 2 unspecified atom stereocenters. The fourth-order valence-electron chi connectivity index (χ4n) is 5.37. The smallest absolute Gasteiger partial charge is 0.314 e. The fourth-order valence-corrected chi connectivity index (χ4v) is 5.67. The Kier molecular flexibility index (Phi) is 11.9. The molecule has 0 fully saturated rings. The number of aromatic hydroxyl groups is 1. The summed E-state index contributed by atoms with van der Waals surface area (Å²) in [6.07, 6.45) is 0.761. The van der Waals surface area contributed by atoms with Crippen LogP contribution in [0.4, 0.5) is 0 Å². The van der Waals surface area contributed by atoms with Gasteiger partial charge in [0.25, 0.3) is 0 Å². The Bertz CT molecular complexity index is 1400. The first-order valence-corrected chi connectivity index (χ1v) is 15.4. The molecular formula is C36H47O7Si. The number of methoxy groups -OCH3 is 2. The Morgan fingerprint density at radius 1 is 0.864 bits per heavy atom. The van der Waals surface area contributed by atoms with Crippen LogP contribution in [0.15, 0.2) is 54.6 Å². The maximum absolute atomic E-state index is 13.0. The highest BCUT2D eigenvalue weighted by Crippen LogP contribution is 2.46. The van der Waals surface area contributed by atoms with E-state index < -0.39 is 5.41 Å². The van der Waals surface area contributed by atoms with Crippen molar-refractivity contribution in [1.82, 2.24) is 0 Å². The summed E-state index contributed by atoms with van der Waals surface area (Å²) in [5.41, 5.74) is 3.62. The molecule has 0 bridgehead atoms. The summed E-state index contributed by atoms with van der Waals surface area (Å²) in [6.45, 7) is 15.2. The summed E-state index contributed by atoms with van der Waals surface area (Å²) >= 11 is 0. The van der Waals surface area contributed by atoms with E-state index in [1.54, 1.807) is 13.2 Å². The van der Waals surface area contributed by atoms with Crippen molar-refractivity contribution in [2.45, 2.75) is 79.4 Å². The monoisotopic (exact) mass is 619 g/mol. The van der Waals surface area contributed by atoms with Crippen LogP contribution in [-0.4, -0.2) is 42.4 Å². The van der Waals surface area contributed by atoms with Crippen LogP contribution < -0.4 is 14.2 Å². The molecule has 44 heavy (non-hydrogen) atoms. The van der Waals surface area contributed by atoms with E-state index in [2.05, 4.69) is 45.1 Å². The average molecular weight is 620 g/mol. The largest absolute Gasteiger partial charge is 0.504 e. The van der Waals surface area contributed by atoms with Crippen LogP contribution in [0.25, 0.3) is 0 Å². The van der Waals surface area contributed by atoms with E-state index in [-0.39, 0.29) is 36.3 Å². The molecular weight excluding hydrogens is 572 g/mol. The van der Waals surface area contributed by atoms with Gasteiger partial charge in [-0.15, -0.1) is 0 Å². The van der Waals surface area contributed by atoms with Gasteiger partial charge in [0.15, 0.2) is 23.0 Å². The molecule has 0 saturated heterocycles.